The number of allylic oxidation sites excluding steroid dienone is 3. The number of nitrogens with zero attached hydrogens (tertiary/aromatic N) is 2. The average Bonchev–Trinajstić information content (AvgIpc) is 2.72. The van der Waals surface area contributed by atoms with Crippen LogP contribution in [-0.4, -0.2) is 40.5 Å². The molecule has 1 aromatic carbocycles. The predicted molar refractivity (Wildman–Crippen MR) is 113 cm³/mol. The Morgan fingerprint density at radius 3 is 2.48 bits per heavy atom. The third kappa shape index (κ3) is 4.65. The van der Waals surface area contributed by atoms with E-state index in [2.05, 4.69) is 11.4 Å². The summed E-state index contributed by atoms with van der Waals surface area (Å²) in [6.45, 7) is 4.88. The standard InChI is InChI=1S/C22H25N3O3S/c1-14-20(15(2)26)21(16-6-8-17(27)9-7-16)18(12-23)22(24-14)29-13-19(28)25-10-4-3-5-11-25/h6-9,21,24,27H,3-5,10-11,13H2,1-2H3. The molecule has 1 aromatic rings. The molecule has 7 heteroatoms. The van der Waals surface area contributed by atoms with Crippen LogP contribution in [0.2, 0.25) is 0 Å². The first-order valence-corrected chi connectivity index (χ1v) is 10.7. The zero-order chi connectivity index (χ0) is 21.0. The number of piperidine rings is 1. The number of benzene rings is 1. The summed E-state index contributed by atoms with van der Waals surface area (Å²) in [6.07, 6.45) is 3.23. The number of carbonyl (C=O) groups excluding carboxylic acids is 2. The summed E-state index contributed by atoms with van der Waals surface area (Å²) in [5.74, 6) is -0.196. The number of ketones is 1. The van der Waals surface area contributed by atoms with Gasteiger partial charge in [0.25, 0.3) is 0 Å². The monoisotopic (exact) mass is 411 g/mol. The van der Waals surface area contributed by atoms with Crippen LogP contribution in [0.4, 0.5) is 0 Å². The first kappa shape index (κ1) is 21.0. The number of likely N-dealkylation sites (tertiary alicyclic amines) is 1. The van der Waals surface area contributed by atoms with E-state index < -0.39 is 5.92 Å². The van der Waals surface area contributed by atoms with Crippen molar-refractivity contribution in [1.29, 1.82) is 5.26 Å². The maximum atomic E-state index is 12.6. The molecule has 2 aliphatic rings. The van der Waals surface area contributed by atoms with E-state index in [1.54, 1.807) is 24.3 Å². The van der Waals surface area contributed by atoms with Gasteiger partial charge in [0.1, 0.15) is 5.75 Å². The van der Waals surface area contributed by atoms with Gasteiger partial charge in [0.15, 0.2) is 5.78 Å². The van der Waals surface area contributed by atoms with Crippen molar-refractivity contribution in [2.24, 2.45) is 0 Å². The molecule has 1 amide bonds. The van der Waals surface area contributed by atoms with Gasteiger partial charge >= 0.3 is 0 Å². The van der Waals surface area contributed by atoms with E-state index in [0.717, 1.165) is 37.9 Å². The lowest BCUT2D eigenvalue weighted by atomic mass is 9.81. The number of aromatic hydroxyl groups is 1. The minimum Gasteiger partial charge on any atom is -0.508 e. The molecule has 1 saturated heterocycles. The van der Waals surface area contributed by atoms with Gasteiger partial charge in [-0.2, -0.15) is 5.26 Å². The van der Waals surface area contributed by atoms with Crippen LogP contribution < -0.4 is 5.32 Å². The Kier molecular flexibility index (Phi) is 6.65. The van der Waals surface area contributed by atoms with E-state index >= 15 is 0 Å². The molecule has 152 valence electrons. The Morgan fingerprint density at radius 1 is 1.24 bits per heavy atom. The van der Waals surface area contributed by atoms with E-state index in [1.165, 1.54) is 18.7 Å². The van der Waals surface area contributed by atoms with Crippen molar-refractivity contribution in [3.8, 4) is 11.8 Å². The molecule has 2 aliphatic heterocycles. The van der Waals surface area contributed by atoms with Crippen LogP contribution in [0.25, 0.3) is 0 Å². The SMILES string of the molecule is CC(=O)C1=C(C)NC(SCC(=O)N2CCCCC2)=C(C#N)C1c1ccc(O)cc1. The molecule has 1 unspecified atom stereocenters. The predicted octanol–water partition coefficient (Wildman–Crippen LogP) is 3.42. The number of nitrogens with one attached hydrogen (secondary N) is 1. The summed E-state index contributed by atoms with van der Waals surface area (Å²) in [5.41, 5.74) is 2.38. The van der Waals surface area contributed by atoms with Crippen LogP contribution in [0.5, 0.6) is 5.75 Å². The Morgan fingerprint density at radius 2 is 1.90 bits per heavy atom. The number of dihydropyridines is 1. The zero-order valence-electron chi connectivity index (χ0n) is 16.7. The Labute approximate surface area is 175 Å². The number of hydrogen-bond acceptors (Lipinski definition) is 6. The number of phenols is 1. The normalized spacial score (nSPS) is 19.6. The van der Waals surface area contributed by atoms with Gasteiger partial charge in [-0.25, -0.2) is 0 Å². The molecule has 6 nitrogen and oxygen atoms in total. The molecule has 0 saturated carbocycles. The van der Waals surface area contributed by atoms with Crippen LogP contribution in [-0.2, 0) is 9.59 Å². The largest absolute Gasteiger partial charge is 0.508 e. The Balaban J connectivity index is 1.90. The summed E-state index contributed by atoms with van der Waals surface area (Å²) in [6, 6.07) is 8.79. The van der Waals surface area contributed by atoms with Crippen LogP contribution in [0.1, 0.15) is 44.6 Å². The molecule has 1 atom stereocenters. The van der Waals surface area contributed by atoms with Crippen LogP contribution in [0.15, 0.2) is 46.1 Å². The molecule has 29 heavy (non-hydrogen) atoms. The summed E-state index contributed by atoms with van der Waals surface area (Å²) in [4.78, 5) is 26.8. The molecule has 2 N–H and O–H groups in total. The van der Waals surface area contributed by atoms with E-state index in [-0.39, 0.29) is 23.2 Å². The number of Topliss-reactive ketones (excluding diaryl/α,β-unsaturated/α-hetero) is 1. The summed E-state index contributed by atoms with van der Waals surface area (Å²) < 4.78 is 0. The van der Waals surface area contributed by atoms with Crippen molar-refractivity contribution in [3.63, 3.8) is 0 Å². The topological polar surface area (TPSA) is 93.4 Å². The molecule has 0 bridgehead atoms. The van der Waals surface area contributed by atoms with Gasteiger partial charge < -0.3 is 15.3 Å². The van der Waals surface area contributed by atoms with E-state index in [9.17, 15) is 20.0 Å². The molecule has 1 fully saturated rings. The second-order valence-electron chi connectivity index (χ2n) is 7.33. The number of hydrogen-bond donors (Lipinski definition) is 2. The van der Waals surface area contributed by atoms with Crippen molar-refractivity contribution in [2.45, 2.75) is 39.0 Å². The number of phenolic OH excluding ortho intramolecular Hbond substituents is 1. The first-order valence-electron chi connectivity index (χ1n) is 9.75. The fourth-order valence-electron chi connectivity index (χ4n) is 3.86. The Bertz CT molecular complexity index is 906. The van der Waals surface area contributed by atoms with Gasteiger partial charge in [-0.3, -0.25) is 9.59 Å². The quantitative estimate of drug-likeness (QED) is 0.771. The summed E-state index contributed by atoms with van der Waals surface area (Å²) >= 11 is 1.31. The minimum atomic E-state index is -0.521. The zero-order valence-corrected chi connectivity index (χ0v) is 17.5. The maximum absolute atomic E-state index is 12.6. The fraction of sp³-hybridized carbons (Fsp3) is 0.409. The van der Waals surface area contributed by atoms with Gasteiger partial charge in [-0.05, 0) is 50.8 Å². The number of rotatable bonds is 5. The molecular weight excluding hydrogens is 386 g/mol. The molecule has 3 rings (SSSR count). The number of thioether (sulfide) groups is 1. The fourth-order valence-corrected chi connectivity index (χ4v) is 4.86. The van der Waals surface area contributed by atoms with Crippen molar-refractivity contribution in [3.05, 3.63) is 51.7 Å². The molecule has 0 radical (unpaired) electrons. The van der Waals surface area contributed by atoms with Crippen molar-refractivity contribution in [1.82, 2.24) is 10.2 Å². The van der Waals surface area contributed by atoms with Gasteiger partial charge in [0.05, 0.1) is 28.3 Å². The van der Waals surface area contributed by atoms with E-state index in [4.69, 9.17) is 0 Å². The van der Waals surface area contributed by atoms with Gasteiger partial charge in [0.2, 0.25) is 5.91 Å². The minimum absolute atomic E-state index is 0.0708. The highest BCUT2D eigenvalue weighted by Crippen LogP contribution is 2.41. The lowest BCUT2D eigenvalue weighted by molar-refractivity contribution is -0.129. The third-order valence-corrected chi connectivity index (χ3v) is 6.30. The highest BCUT2D eigenvalue weighted by atomic mass is 32.2. The Hall–Kier alpha value is -2.72. The van der Waals surface area contributed by atoms with Crippen LogP contribution in [0, 0.1) is 11.3 Å². The third-order valence-electron chi connectivity index (χ3n) is 5.30. The lowest BCUT2D eigenvalue weighted by Gasteiger charge is -2.30. The molecular formula is C22H25N3O3S. The second kappa shape index (κ2) is 9.19. The summed E-state index contributed by atoms with van der Waals surface area (Å²) in [7, 11) is 0. The summed E-state index contributed by atoms with van der Waals surface area (Å²) in [5, 5.41) is 23.3. The van der Waals surface area contributed by atoms with E-state index in [0.29, 0.717) is 21.9 Å². The molecule has 0 aliphatic carbocycles. The van der Waals surface area contributed by atoms with Crippen molar-refractivity contribution in [2.75, 3.05) is 18.8 Å². The smallest absolute Gasteiger partial charge is 0.232 e. The maximum Gasteiger partial charge on any atom is 0.232 e. The van der Waals surface area contributed by atoms with Gasteiger partial charge in [0, 0.05) is 24.4 Å². The molecule has 2 heterocycles. The van der Waals surface area contributed by atoms with Crippen molar-refractivity contribution >= 4 is 23.5 Å². The number of nitriles is 1. The van der Waals surface area contributed by atoms with Crippen LogP contribution in [0.3, 0.4) is 0 Å². The highest BCUT2D eigenvalue weighted by Gasteiger charge is 2.33. The average molecular weight is 412 g/mol. The highest BCUT2D eigenvalue weighted by molar-refractivity contribution is 8.03. The second-order valence-corrected chi connectivity index (χ2v) is 8.31. The van der Waals surface area contributed by atoms with E-state index in [1.807, 2.05) is 11.8 Å². The van der Waals surface area contributed by atoms with Crippen molar-refractivity contribution < 1.29 is 14.7 Å². The van der Waals surface area contributed by atoms with Crippen LogP contribution >= 0.6 is 11.8 Å². The number of carbonyl (C=O) groups is 2. The molecule has 0 aromatic heterocycles. The van der Waals surface area contributed by atoms with Gasteiger partial charge in [-0.1, -0.05) is 23.9 Å². The first-order chi connectivity index (χ1) is 13.9. The number of amides is 1. The molecule has 0 spiro atoms. The van der Waals surface area contributed by atoms with Gasteiger partial charge in [-0.15, -0.1) is 0 Å². The lowest BCUT2D eigenvalue weighted by Crippen LogP contribution is -2.37.